The van der Waals surface area contributed by atoms with Crippen LogP contribution < -0.4 is 5.32 Å². The first kappa shape index (κ1) is 18.5. The Labute approximate surface area is 136 Å². The molecule has 0 saturated heterocycles. The first-order valence-electron chi connectivity index (χ1n) is 8.40. The largest absolute Gasteiger partial charge is 0.382 e. The molecule has 1 rings (SSSR count). The third-order valence-electron chi connectivity index (χ3n) is 5.55. The third-order valence-corrected chi connectivity index (χ3v) is 5.55. The van der Waals surface area contributed by atoms with Crippen LogP contribution in [0.15, 0.2) is 36.3 Å². The molecule has 0 amide bonds. The van der Waals surface area contributed by atoms with Crippen molar-refractivity contribution in [3.8, 4) is 0 Å². The fraction of sp³-hybridized carbons (Fsp3) is 0.632. The van der Waals surface area contributed by atoms with Crippen molar-refractivity contribution in [2.75, 3.05) is 7.05 Å². The van der Waals surface area contributed by atoms with Gasteiger partial charge < -0.3 is 15.6 Å². The number of rotatable bonds is 5. The second-order valence-corrected chi connectivity index (χ2v) is 6.65. The van der Waals surface area contributed by atoms with E-state index in [-0.39, 0.29) is 11.5 Å². The van der Waals surface area contributed by atoms with Crippen LogP contribution >= 0.6 is 0 Å². The fourth-order valence-corrected chi connectivity index (χ4v) is 3.44. The molecule has 0 aliphatic carbocycles. The van der Waals surface area contributed by atoms with E-state index in [1.807, 2.05) is 12.3 Å². The van der Waals surface area contributed by atoms with E-state index in [9.17, 15) is 0 Å². The summed E-state index contributed by atoms with van der Waals surface area (Å²) in [5.41, 5.74) is 2.08. The van der Waals surface area contributed by atoms with Gasteiger partial charge in [-0.25, -0.2) is 0 Å². The van der Waals surface area contributed by atoms with E-state index >= 15 is 0 Å². The summed E-state index contributed by atoms with van der Waals surface area (Å²) in [6.45, 7) is 15.5. The molecule has 0 aromatic rings. The summed E-state index contributed by atoms with van der Waals surface area (Å²) in [6.07, 6.45) is 9.87. The summed E-state index contributed by atoms with van der Waals surface area (Å²) >= 11 is 0. The number of nitrogens with one attached hydrogen (secondary N) is 2. The average molecular weight is 303 g/mol. The van der Waals surface area contributed by atoms with E-state index < -0.39 is 0 Å². The Morgan fingerprint density at radius 1 is 1.45 bits per heavy atom. The number of hydrogen-bond acceptors (Lipinski definition) is 3. The summed E-state index contributed by atoms with van der Waals surface area (Å²) in [5, 5.41) is 11.4. The molecule has 1 heterocycles. The standard InChI is InChI=1S/C19H33N3/c1-8-10-18-19(6,16(5)14(3)9-2)17(13-20)21-12-11-15(4)22(18)7/h10-14,16-17,20-21H,4,8-9H2,1-3,5-7H3/b12-11-,18-10+,20-13?/t14-,16+,17?,19+/m0/s1. The van der Waals surface area contributed by atoms with Gasteiger partial charge in [-0.1, -0.05) is 53.7 Å². The van der Waals surface area contributed by atoms with Crippen LogP contribution in [0.4, 0.5) is 0 Å². The normalized spacial score (nSPS) is 31.9. The van der Waals surface area contributed by atoms with Crippen molar-refractivity contribution in [3.05, 3.63) is 36.3 Å². The lowest BCUT2D eigenvalue weighted by atomic mass is 9.64. The Hall–Kier alpha value is -1.51. The summed E-state index contributed by atoms with van der Waals surface area (Å²) in [6, 6.07) is -0.0268. The van der Waals surface area contributed by atoms with Crippen molar-refractivity contribution in [3.63, 3.8) is 0 Å². The van der Waals surface area contributed by atoms with E-state index in [1.165, 1.54) is 5.70 Å². The third kappa shape index (κ3) is 3.29. The Morgan fingerprint density at radius 3 is 2.59 bits per heavy atom. The highest BCUT2D eigenvalue weighted by atomic mass is 15.1. The molecule has 4 atom stereocenters. The van der Waals surface area contributed by atoms with Gasteiger partial charge in [0.2, 0.25) is 0 Å². The molecular formula is C19H33N3. The lowest BCUT2D eigenvalue weighted by Gasteiger charge is -2.49. The number of hydrogen-bond donors (Lipinski definition) is 2. The molecule has 0 bridgehead atoms. The highest BCUT2D eigenvalue weighted by Crippen LogP contribution is 2.45. The average Bonchev–Trinajstić information content (AvgIpc) is 2.52. The van der Waals surface area contributed by atoms with Gasteiger partial charge in [0, 0.05) is 30.1 Å². The van der Waals surface area contributed by atoms with Gasteiger partial charge in [0.1, 0.15) is 0 Å². The predicted molar refractivity (Wildman–Crippen MR) is 96.9 cm³/mol. The minimum Gasteiger partial charge on any atom is -0.382 e. The van der Waals surface area contributed by atoms with Crippen LogP contribution in [0.1, 0.15) is 47.5 Å². The number of nitrogens with zero attached hydrogens (tertiary/aromatic N) is 1. The Kier molecular flexibility index (Phi) is 6.46. The van der Waals surface area contributed by atoms with Gasteiger partial charge in [-0.2, -0.15) is 0 Å². The SMILES string of the molecule is C=C1/C=C\NC(C=N)[C@@](C)([C@H](C)[C@@H](C)CC)/C(=C\CC)N1C. The first-order valence-corrected chi connectivity index (χ1v) is 8.40. The first-order chi connectivity index (χ1) is 10.3. The van der Waals surface area contributed by atoms with Gasteiger partial charge in [-0.15, -0.1) is 0 Å². The molecule has 22 heavy (non-hydrogen) atoms. The second kappa shape index (κ2) is 7.66. The molecule has 3 heteroatoms. The van der Waals surface area contributed by atoms with Gasteiger partial charge in [-0.3, -0.25) is 0 Å². The van der Waals surface area contributed by atoms with E-state index in [4.69, 9.17) is 5.41 Å². The van der Waals surface area contributed by atoms with Crippen LogP contribution in [0.5, 0.6) is 0 Å². The van der Waals surface area contributed by atoms with Gasteiger partial charge in [0.25, 0.3) is 0 Å². The summed E-state index contributed by atoms with van der Waals surface area (Å²) in [5.74, 6) is 1.02. The smallest absolute Gasteiger partial charge is 0.0714 e. The minimum absolute atomic E-state index is 0.0268. The van der Waals surface area contributed by atoms with Crippen molar-refractivity contribution in [2.24, 2.45) is 17.3 Å². The van der Waals surface area contributed by atoms with Crippen LogP contribution in [-0.4, -0.2) is 24.2 Å². The molecule has 0 fully saturated rings. The lowest BCUT2D eigenvalue weighted by molar-refractivity contribution is 0.130. The molecular weight excluding hydrogens is 270 g/mol. The molecule has 3 nitrogen and oxygen atoms in total. The van der Waals surface area contributed by atoms with Crippen LogP contribution in [0.2, 0.25) is 0 Å². The van der Waals surface area contributed by atoms with Crippen LogP contribution in [0.25, 0.3) is 0 Å². The molecule has 0 saturated carbocycles. The maximum absolute atomic E-state index is 7.96. The highest BCUT2D eigenvalue weighted by Gasteiger charge is 2.45. The molecule has 1 aliphatic rings. The van der Waals surface area contributed by atoms with Gasteiger partial charge in [-0.05, 0) is 30.5 Å². The minimum atomic E-state index is -0.157. The summed E-state index contributed by atoms with van der Waals surface area (Å²) in [7, 11) is 2.09. The van der Waals surface area contributed by atoms with Crippen LogP contribution in [-0.2, 0) is 0 Å². The molecule has 124 valence electrons. The Bertz CT molecular complexity index is 463. The van der Waals surface area contributed by atoms with E-state index in [0.29, 0.717) is 11.8 Å². The molecule has 1 unspecified atom stereocenters. The zero-order valence-corrected chi connectivity index (χ0v) is 15.1. The van der Waals surface area contributed by atoms with Crippen molar-refractivity contribution in [2.45, 2.75) is 53.5 Å². The summed E-state index contributed by atoms with van der Waals surface area (Å²) in [4.78, 5) is 2.19. The zero-order valence-electron chi connectivity index (χ0n) is 15.1. The van der Waals surface area contributed by atoms with Crippen molar-refractivity contribution in [1.29, 1.82) is 5.41 Å². The maximum atomic E-state index is 7.96. The predicted octanol–water partition coefficient (Wildman–Crippen LogP) is 4.55. The topological polar surface area (TPSA) is 39.1 Å². The van der Waals surface area contributed by atoms with Gasteiger partial charge >= 0.3 is 0 Å². The number of likely N-dealkylation sites (N-methyl/N-ethyl adjacent to an activating group) is 1. The zero-order chi connectivity index (χ0) is 16.9. The Balaban J connectivity index is 3.51. The van der Waals surface area contributed by atoms with Crippen molar-refractivity contribution >= 4 is 6.21 Å². The van der Waals surface area contributed by atoms with E-state index in [1.54, 1.807) is 6.21 Å². The van der Waals surface area contributed by atoms with Crippen molar-refractivity contribution < 1.29 is 0 Å². The summed E-state index contributed by atoms with van der Waals surface area (Å²) < 4.78 is 0. The molecule has 0 aromatic heterocycles. The molecule has 0 spiro atoms. The maximum Gasteiger partial charge on any atom is 0.0714 e. The second-order valence-electron chi connectivity index (χ2n) is 6.65. The molecule has 0 radical (unpaired) electrons. The van der Waals surface area contributed by atoms with E-state index in [0.717, 1.165) is 18.5 Å². The van der Waals surface area contributed by atoms with Crippen LogP contribution in [0.3, 0.4) is 0 Å². The molecule has 2 N–H and O–H groups in total. The molecule has 0 aromatic carbocycles. The van der Waals surface area contributed by atoms with Crippen molar-refractivity contribution in [1.82, 2.24) is 10.2 Å². The lowest BCUT2D eigenvalue weighted by Crippen LogP contribution is -2.52. The van der Waals surface area contributed by atoms with E-state index in [2.05, 4.69) is 64.5 Å². The molecule has 1 aliphatic heterocycles. The number of allylic oxidation sites excluding steroid dienone is 2. The monoisotopic (exact) mass is 303 g/mol. The fourth-order valence-electron chi connectivity index (χ4n) is 3.44. The van der Waals surface area contributed by atoms with Gasteiger partial charge in [0.05, 0.1) is 6.04 Å². The quantitative estimate of drug-likeness (QED) is 0.731. The Morgan fingerprint density at radius 2 is 2.09 bits per heavy atom. The van der Waals surface area contributed by atoms with Gasteiger partial charge in [0.15, 0.2) is 0 Å². The van der Waals surface area contributed by atoms with Crippen LogP contribution in [0, 0.1) is 22.7 Å². The highest BCUT2D eigenvalue weighted by molar-refractivity contribution is 5.64.